The van der Waals surface area contributed by atoms with Crippen molar-refractivity contribution in [3.8, 4) is 0 Å². The number of nitrogens with one attached hydrogen (secondary N) is 2. The van der Waals surface area contributed by atoms with Gasteiger partial charge in [0.25, 0.3) is 5.91 Å². The van der Waals surface area contributed by atoms with Gasteiger partial charge in [-0.15, -0.1) is 0 Å². The second-order valence-corrected chi connectivity index (χ2v) is 9.82. The van der Waals surface area contributed by atoms with E-state index >= 15 is 0 Å². The van der Waals surface area contributed by atoms with E-state index in [1.165, 1.54) is 18.6 Å². The van der Waals surface area contributed by atoms with Crippen LogP contribution in [0.4, 0.5) is 30.5 Å². The highest BCUT2D eigenvalue weighted by molar-refractivity contribution is 6.04. The van der Waals surface area contributed by atoms with Crippen LogP contribution in [0.15, 0.2) is 71.7 Å². The van der Waals surface area contributed by atoms with Crippen LogP contribution >= 0.6 is 0 Å². The Labute approximate surface area is 252 Å². The molecule has 0 unspecified atom stereocenters. The predicted molar refractivity (Wildman–Crippen MR) is 169 cm³/mol. The van der Waals surface area contributed by atoms with Crippen molar-refractivity contribution in [2.45, 2.75) is 40.3 Å². The molecule has 0 saturated carbocycles. The number of anilines is 3. The van der Waals surface area contributed by atoms with Crippen LogP contribution in [-0.2, 0) is 6.18 Å². The van der Waals surface area contributed by atoms with Crippen molar-refractivity contribution in [2.75, 3.05) is 50.9 Å². The van der Waals surface area contributed by atoms with Crippen LogP contribution in [0.25, 0.3) is 0 Å². The topological polar surface area (TPSA) is 104 Å². The molecule has 1 heterocycles. The number of allylic oxidation sites excluding steroid dienone is 1. The maximum absolute atomic E-state index is 12.9. The fourth-order valence-electron chi connectivity index (χ4n) is 4.06. The zero-order valence-electron chi connectivity index (χ0n) is 25.7. The van der Waals surface area contributed by atoms with Gasteiger partial charge in [0.2, 0.25) is 5.95 Å². The van der Waals surface area contributed by atoms with Gasteiger partial charge in [0.05, 0.1) is 17.7 Å². The first-order valence-electron chi connectivity index (χ1n) is 14.1. The molecular formula is C31H43F3N8O. The first-order chi connectivity index (χ1) is 20.4. The number of amides is 1. The summed E-state index contributed by atoms with van der Waals surface area (Å²) in [7, 11) is 3.79. The van der Waals surface area contributed by atoms with Crippen LogP contribution in [0.2, 0.25) is 0 Å². The van der Waals surface area contributed by atoms with E-state index in [9.17, 15) is 18.0 Å². The summed E-state index contributed by atoms with van der Waals surface area (Å²) in [5.41, 5.74) is 6.91. The number of likely N-dealkylation sites (N-methyl/N-ethyl adjacent to an activating group) is 2. The molecule has 43 heavy (non-hydrogen) atoms. The average Bonchev–Trinajstić information content (AvgIpc) is 3.41. The van der Waals surface area contributed by atoms with Crippen LogP contribution in [0.5, 0.6) is 0 Å². The molecule has 0 fully saturated rings. The van der Waals surface area contributed by atoms with Gasteiger partial charge in [-0.25, -0.2) is 4.98 Å². The van der Waals surface area contributed by atoms with Gasteiger partial charge in [-0.05, 0) is 82.8 Å². The summed E-state index contributed by atoms with van der Waals surface area (Å²) in [4.78, 5) is 25.1. The van der Waals surface area contributed by atoms with Gasteiger partial charge >= 0.3 is 6.18 Å². The molecule has 12 heteroatoms. The molecule has 1 amide bonds. The molecule has 3 rings (SSSR count). The molecule has 234 valence electrons. The molecule has 0 radical (unpaired) electrons. The minimum Gasteiger partial charge on any atom is -0.386 e. The van der Waals surface area contributed by atoms with Crippen molar-refractivity contribution < 1.29 is 18.0 Å². The summed E-state index contributed by atoms with van der Waals surface area (Å²) in [6.07, 6.45) is 3.58. The zero-order chi connectivity index (χ0) is 32.0. The number of hydrogen-bond acceptors (Lipinski definition) is 7. The lowest BCUT2D eigenvalue weighted by atomic mass is 10.1. The Bertz CT molecular complexity index is 1370. The number of hydrogen-bond donors (Lipinski definition) is 3. The first-order valence-corrected chi connectivity index (χ1v) is 14.1. The van der Waals surface area contributed by atoms with Gasteiger partial charge in [0.1, 0.15) is 0 Å². The maximum Gasteiger partial charge on any atom is 0.416 e. The maximum atomic E-state index is 12.9. The molecule has 0 aliphatic heterocycles. The number of aliphatic imine (C=N–C) groups is 1. The highest BCUT2D eigenvalue weighted by Gasteiger charge is 2.30. The molecule has 0 aliphatic rings. The zero-order valence-corrected chi connectivity index (χ0v) is 25.7. The van der Waals surface area contributed by atoms with Crippen molar-refractivity contribution in [3.05, 3.63) is 83.4 Å². The van der Waals surface area contributed by atoms with E-state index in [0.717, 1.165) is 49.7 Å². The largest absolute Gasteiger partial charge is 0.416 e. The number of alkyl halides is 3. The van der Waals surface area contributed by atoms with Gasteiger partial charge in [0, 0.05) is 56.0 Å². The summed E-state index contributed by atoms with van der Waals surface area (Å²) in [6, 6.07) is 9.42. The number of benzene rings is 2. The van der Waals surface area contributed by atoms with Crippen molar-refractivity contribution in [1.29, 1.82) is 0 Å². The Morgan fingerprint density at radius 2 is 1.88 bits per heavy atom. The monoisotopic (exact) mass is 600 g/mol. The molecule has 2 aromatic carbocycles. The van der Waals surface area contributed by atoms with E-state index < -0.39 is 17.6 Å². The fourth-order valence-corrected chi connectivity index (χ4v) is 4.06. The third-order valence-electron chi connectivity index (χ3n) is 6.50. The average molecular weight is 601 g/mol. The second kappa shape index (κ2) is 17.0. The number of carbonyl (C=O) groups is 1. The smallest absolute Gasteiger partial charge is 0.386 e. The van der Waals surface area contributed by atoms with Crippen molar-refractivity contribution in [3.63, 3.8) is 0 Å². The normalized spacial score (nSPS) is 11.8. The van der Waals surface area contributed by atoms with Crippen LogP contribution in [0, 0.1) is 6.92 Å². The third kappa shape index (κ3) is 11.1. The van der Waals surface area contributed by atoms with Crippen molar-refractivity contribution in [2.24, 2.45) is 10.7 Å². The summed E-state index contributed by atoms with van der Waals surface area (Å²) in [5.74, 6) is 0.781. The lowest BCUT2D eigenvalue weighted by Gasteiger charge is -2.26. The van der Waals surface area contributed by atoms with E-state index in [4.69, 9.17) is 5.73 Å². The van der Waals surface area contributed by atoms with E-state index in [1.807, 2.05) is 19.9 Å². The van der Waals surface area contributed by atoms with Crippen LogP contribution in [0.1, 0.15) is 48.7 Å². The molecule has 0 atom stereocenters. The van der Waals surface area contributed by atoms with Crippen molar-refractivity contribution in [1.82, 2.24) is 19.4 Å². The summed E-state index contributed by atoms with van der Waals surface area (Å²) < 4.78 is 40.3. The minimum absolute atomic E-state index is 0.0791. The van der Waals surface area contributed by atoms with Gasteiger partial charge in [-0.2, -0.15) is 13.2 Å². The molecule has 0 bridgehead atoms. The Morgan fingerprint density at radius 1 is 1.14 bits per heavy atom. The molecule has 1 aromatic heterocycles. The van der Waals surface area contributed by atoms with E-state index in [-0.39, 0.29) is 5.56 Å². The molecule has 0 saturated heterocycles. The van der Waals surface area contributed by atoms with E-state index in [0.29, 0.717) is 17.3 Å². The van der Waals surface area contributed by atoms with Crippen molar-refractivity contribution >= 4 is 29.6 Å². The Kier molecular flexibility index (Phi) is 13.8. The van der Waals surface area contributed by atoms with Gasteiger partial charge in [0.15, 0.2) is 0 Å². The van der Waals surface area contributed by atoms with Gasteiger partial charge < -0.3 is 26.2 Å². The quantitative estimate of drug-likeness (QED) is 0.169. The minimum atomic E-state index is -4.51. The molecule has 0 aliphatic carbocycles. The molecule has 0 spiro atoms. The number of halogens is 3. The van der Waals surface area contributed by atoms with E-state index in [2.05, 4.69) is 51.3 Å². The number of nitrogens with zero attached hydrogens (tertiary/aromatic N) is 5. The van der Waals surface area contributed by atoms with Crippen LogP contribution in [-0.4, -0.2) is 71.9 Å². The van der Waals surface area contributed by atoms with E-state index in [1.54, 1.807) is 48.5 Å². The Hall–Kier alpha value is -4.32. The fraction of sp³-hybridized carbons (Fsp3) is 0.387. The predicted octanol–water partition coefficient (Wildman–Crippen LogP) is 6.18. The number of rotatable bonds is 12. The molecule has 9 nitrogen and oxygen atoms in total. The number of carbonyl (C=O) groups excluding carboxylic acids is 1. The lowest BCUT2D eigenvalue weighted by Crippen LogP contribution is -2.35. The molecule has 3 aromatic rings. The summed E-state index contributed by atoms with van der Waals surface area (Å²) in [6.45, 7) is 12.4. The second-order valence-electron chi connectivity index (χ2n) is 9.82. The van der Waals surface area contributed by atoms with Crippen LogP contribution in [0.3, 0.4) is 0 Å². The number of aromatic nitrogens is 2. The molecule has 4 N–H and O–H groups in total. The standard InChI is InChI=1S/C20H18F3N5O.C11H25N3/c1-13-6-7-16(11-17(13)27-19-25-8-9-28(19)12-24-2)26-18(29)14-4-3-5-15(10-14)20(21,22)23;1-5-8-13(4)9-10-14(7-3)11(12)6-2/h3-12H,1-2H3,(H,25,27)(H,26,29);6H,5,7-10,12H2,1-4H3/b;11-6+. The molecular weight excluding hydrogens is 557 g/mol. The number of aryl methyl sites for hydroxylation is 1. The van der Waals surface area contributed by atoms with Crippen LogP contribution < -0.4 is 16.4 Å². The summed E-state index contributed by atoms with van der Waals surface area (Å²) in [5, 5.41) is 5.77. The Balaban J connectivity index is 0.000000391. The summed E-state index contributed by atoms with van der Waals surface area (Å²) >= 11 is 0. The number of nitrogens with two attached hydrogens (primary N) is 1. The first kappa shape index (κ1) is 34.9. The highest BCUT2D eigenvalue weighted by atomic mass is 19.4. The Morgan fingerprint density at radius 3 is 2.51 bits per heavy atom. The SMILES string of the molecule is C/C=C(\N)N(CC)CCN(C)CCC.CN=Cn1ccnc1Nc1cc(NC(=O)c2cccc(C(F)(F)F)c2)ccc1C. The van der Waals surface area contributed by atoms with Gasteiger partial charge in [-0.3, -0.25) is 14.4 Å². The lowest BCUT2D eigenvalue weighted by molar-refractivity contribution is -0.137. The number of imidazole rings is 1. The third-order valence-corrected chi connectivity index (χ3v) is 6.50. The van der Waals surface area contributed by atoms with Gasteiger partial charge in [-0.1, -0.05) is 19.1 Å². The highest BCUT2D eigenvalue weighted by Crippen LogP contribution is 2.30.